The average molecular weight is 447 g/mol. The van der Waals surface area contributed by atoms with Gasteiger partial charge in [0, 0.05) is 0 Å². The van der Waals surface area contributed by atoms with E-state index in [1.165, 1.54) is 27.6 Å². The lowest BCUT2D eigenvalue weighted by molar-refractivity contribution is -0.117. The molecule has 5 nitrogen and oxygen atoms in total. The Morgan fingerprint density at radius 2 is 1.81 bits per heavy atom. The summed E-state index contributed by atoms with van der Waals surface area (Å²) in [5.74, 6) is -1.47. The van der Waals surface area contributed by atoms with Crippen LogP contribution in [-0.2, 0) is 4.79 Å². The second-order valence-electron chi connectivity index (χ2n) is 7.52. The molecule has 5 rings (SSSR count). The first-order valence-corrected chi connectivity index (χ1v) is 11.4. The number of hydrogen-bond donors (Lipinski definition) is 1. The molecule has 0 bridgehead atoms. The zero-order chi connectivity index (χ0) is 21.7. The number of aliphatic hydroxyl groups excluding tert-OH is 1. The van der Waals surface area contributed by atoms with Gasteiger partial charge in [-0.2, -0.15) is 0 Å². The molecule has 4 aromatic rings. The van der Waals surface area contributed by atoms with Gasteiger partial charge in [-0.05, 0) is 48.6 Å². The van der Waals surface area contributed by atoms with Crippen molar-refractivity contribution in [3.8, 4) is 0 Å². The molecular formula is C24H18N2O3S2. The van der Waals surface area contributed by atoms with Crippen LogP contribution in [0.1, 0.15) is 32.4 Å². The van der Waals surface area contributed by atoms with E-state index < -0.39 is 17.7 Å². The molecule has 2 aromatic heterocycles. The Morgan fingerprint density at radius 3 is 2.52 bits per heavy atom. The highest BCUT2D eigenvalue weighted by Gasteiger charge is 2.46. The summed E-state index contributed by atoms with van der Waals surface area (Å²) >= 11 is 2.66. The van der Waals surface area contributed by atoms with Crippen LogP contribution in [0.15, 0.2) is 71.3 Å². The minimum Gasteiger partial charge on any atom is -0.503 e. The quantitative estimate of drug-likeness (QED) is 0.405. The van der Waals surface area contributed by atoms with E-state index in [-0.39, 0.29) is 11.4 Å². The molecule has 0 spiro atoms. The van der Waals surface area contributed by atoms with Crippen molar-refractivity contribution < 1.29 is 14.7 Å². The minimum atomic E-state index is -0.746. The molecule has 0 saturated heterocycles. The molecule has 1 atom stereocenters. The molecule has 0 saturated carbocycles. The summed E-state index contributed by atoms with van der Waals surface area (Å²) in [6, 6.07) is 16.3. The number of benzene rings is 2. The maximum Gasteiger partial charge on any atom is 0.296 e. The van der Waals surface area contributed by atoms with Gasteiger partial charge in [0.2, 0.25) is 5.78 Å². The van der Waals surface area contributed by atoms with Crippen LogP contribution in [0.25, 0.3) is 10.2 Å². The monoisotopic (exact) mass is 446 g/mol. The van der Waals surface area contributed by atoms with Crippen molar-refractivity contribution in [3.63, 3.8) is 0 Å². The van der Waals surface area contributed by atoms with Crippen molar-refractivity contribution in [2.75, 3.05) is 4.90 Å². The highest BCUT2D eigenvalue weighted by Crippen LogP contribution is 2.44. The first kappa shape index (κ1) is 19.7. The Labute approximate surface area is 186 Å². The molecule has 0 radical (unpaired) electrons. The predicted octanol–water partition coefficient (Wildman–Crippen LogP) is 5.76. The molecule has 0 fully saturated rings. The minimum absolute atomic E-state index is 0.0896. The van der Waals surface area contributed by atoms with Gasteiger partial charge in [0.15, 0.2) is 10.9 Å². The third-order valence-electron chi connectivity index (χ3n) is 5.33. The van der Waals surface area contributed by atoms with Crippen LogP contribution < -0.4 is 4.90 Å². The van der Waals surface area contributed by atoms with Gasteiger partial charge in [0.25, 0.3) is 5.91 Å². The highest BCUT2D eigenvalue weighted by molar-refractivity contribution is 7.22. The number of nitrogens with zero attached hydrogens (tertiary/aromatic N) is 2. The van der Waals surface area contributed by atoms with E-state index >= 15 is 0 Å². The van der Waals surface area contributed by atoms with Crippen LogP contribution in [-0.4, -0.2) is 21.8 Å². The fourth-order valence-corrected chi connectivity index (χ4v) is 5.53. The van der Waals surface area contributed by atoms with Crippen molar-refractivity contribution in [2.24, 2.45) is 0 Å². The summed E-state index contributed by atoms with van der Waals surface area (Å²) in [5.41, 5.74) is 3.78. The average Bonchev–Trinajstić information content (AvgIpc) is 3.47. The highest BCUT2D eigenvalue weighted by atomic mass is 32.1. The molecule has 1 aliphatic heterocycles. The number of aliphatic hydroxyl groups is 1. The lowest BCUT2D eigenvalue weighted by atomic mass is 9.95. The van der Waals surface area contributed by atoms with Crippen LogP contribution in [0.4, 0.5) is 5.13 Å². The molecule has 31 heavy (non-hydrogen) atoms. The van der Waals surface area contributed by atoms with Crippen LogP contribution in [0.2, 0.25) is 0 Å². The SMILES string of the molecule is Cc1ccc(C2C(C(=O)c3cccs3)=C(O)C(=O)N2c2nc3ccc(C)cc3s2)cc1. The van der Waals surface area contributed by atoms with E-state index in [0.717, 1.165) is 26.9 Å². The number of aromatic nitrogens is 1. The molecule has 2 aromatic carbocycles. The lowest BCUT2D eigenvalue weighted by Gasteiger charge is -2.24. The Hall–Kier alpha value is -3.29. The molecular weight excluding hydrogens is 428 g/mol. The van der Waals surface area contributed by atoms with Crippen LogP contribution in [0.5, 0.6) is 0 Å². The maximum absolute atomic E-state index is 13.3. The number of rotatable bonds is 4. The van der Waals surface area contributed by atoms with Gasteiger partial charge in [-0.15, -0.1) is 11.3 Å². The number of carbonyl (C=O) groups excluding carboxylic acids is 2. The Balaban J connectivity index is 1.68. The standard InChI is InChI=1S/C24H18N2O3S2/c1-13-5-8-15(9-6-13)20-19(21(27)17-4-3-11-30-17)22(28)23(29)26(20)24-25-16-10-7-14(2)12-18(16)31-24/h3-12,20,28H,1-2H3. The van der Waals surface area contributed by atoms with Gasteiger partial charge < -0.3 is 5.11 Å². The van der Waals surface area contributed by atoms with Crippen LogP contribution in [0.3, 0.4) is 0 Å². The summed E-state index contributed by atoms with van der Waals surface area (Å²) < 4.78 is 0.947. The second-order valence-corrected chi connectivity index (χ2v) is 9.48. The van der Waals surface area contributed by atoms with Crippen LogP contribution in [0, 0.1) is 13.8 Å². The Morgan fingerprint density at radius 1 is 1.06 bits per heavy atom. The van der Waals surface area contributed by atoms with E-state index in [1.54, 1.807) is 17.5 Å². The van der Waals surface area contributed by atoms with E-state index in [9.17, 15) is 14.7 Å². The topological polar surface area (TPSA) is 70.5 Å². The Kier molecular flexibility index (Phi) is 4.72. The van der Waals surface area contributed by atoms with Crippen molar-refractivity contribution >= 4 is 49.7 Å². The smallest absolute Gasteiger partial charge is 0.296 e. The van der Waals surface area contributed by atoms with Gasteiger partial charge in [-0.3, -0.25) is 14.5 Å². The molecule has 154 valence electrons. The van der Waals surface area contributed by atoms with Crippen molar-refractivity contribution in [2.45, 2.75) is 19.9 Å². The summed E-state index contributed by atoms with van der Waals surface area (Å²) in [5, 5.41) is 13.1. The van der Waals surface area contributed by atoms with Gasteiger partial charge >= 0.3 is 0 Å². The fourth-order valence-electron chi connectivity index (χ4n) is 3.76. The molecule has 1 N–H and O–H groups in total. The van der Waals surface area contributed by atoms with Gasteiger partial charge in [-0.1, -0.05) is 53.3 Å². The summed E-state index contributed by atoms with van der Waals surface area (Å²) in [6.45, 7) is 3.97. The van der Waals surface area contributed by atoms with Crippen molar-refractivity contribution in [1.82, 2.24) is 4.98 Å². The first-order chi connectivity index (χ1) is 14.9. The third-order valence-corrected chi connectivity index (χ3v) is 7.22. The molecule has 1 aliphatic rings. The molecule has 1 amide bonds. The van der Waals surface area contributed by atoms with E-state index in [2.05, 4.69) is 4.98 Å². The number of anilines is 1. The summed E-state index contributed by atoms with van der Waals surface area (Å²) in [7, 11) is 0. The molecule has 0 aliphatic carbocycles. The fraction of sp³-hybridized carbons (Fsp3) is 0.125. The number of carbonyl (C=O) groups is 2. The van der Waals surface area contributed by atoms with Gasteiger partial charge in [-0.25, -0.2) is 4.98 Å². The number of amides is 1. The van der Waals surface area contributed by atoms with E-state index in [0.29, 0.717) is 10.0 Å². The molecule has 3 heterocycles. The summed E-state index contributed by atoms with van der Waals surface area (Å²) in [6.07, 6.45) is 0. The van der Waals surface area contributed by atoms with E-state index in [1.807, 2.05) is 56.3 Å². The summed E-state index contributed by atoms with van der Waals surface area (Å²) in [4.78, 5) is 33.1. The largest absolute Gasteiger partial charge is 0.503 e. The second kappa shape index (κ2) is 7.44. The number of thiophene rings is 1. The molecule has 7 heteroatoms. The zero-order valence-electron chi connectivity index (χ0n) is 16.8. The van der Waals surface area contributed by atoms with Crippen molar-refractivity contribution in [3.05, 3.63) is 92.9 Å². The number of Topliss-reactive ketones (excluding diaryl/α,β-unsaturated/α-hetero) is 1. The number of ketones is 1. The number of thiazole rings is 1. The van der Waals surface area contributed by atoms with Crippen LogP contribution >= 0.6 is 22.7 Å². The predicted molar refractivity (Wildman–Crippen MR) is 124 cm³/mol. The number of hydrogen-bond acceptors (Lipinski definition) is 6. The van der Waals surface area contributed by atoms with Crippen molar-refractivity contribution in [1.29, 1.82) is 0 Å². The zero-order valence-corrected chi connectivity index (χ0v) is 18.5. The first-order valence-electron chi connectivity index (χ1n) is 9.72. The normalized spacial score (nSPS) is 16.5. The number of aryl methyl sites for hydroxylation is 2. The third kappa shape index (κ3) is 3.26. The van der Waals surface area contributed by atoms with Gasteiger partial charge in [0.1, 0.15) is 0 Å². The number of fused-ring (bicyclic) bond motifs is 1. The Bertz CT molecular complexity index is 1350. The maximum atomic E-state index is 13.3. The van der Waals surface area contributed by atoms with E-state index in [4.69, 9.17) is 0 Å². The lowest BCUT2D eigenvalue weighted by Crippen LogP contribution is -2.30. The van der Waals surface area contributed by atoms with Gasteiger partial charge in [0.05, 0.1) is 26.7 Å². The molecule has 1 unspecified atom stereocenters.